The maximum absolute atomic E-state index is 12.2. The summed E-state index contributed by atoms with van der Waals surface area (Å²) in [4.78, 5) is 12.2. The van der Waals surface area contributed by atoms with Gasteiger partial charge in [0.05, 0.1) is 18.7 Å². The lowest BCUT2D eigenvalue weighted by Gasteiger charge is -2.21. The molecule has 1 aromatic heterocycles. The van der Waals surface area contributed by atoms with Gasteiger partial charge in [-0.25, -0.2) is 4.79 Å². The molecule has 0 atom stereocenters. The number of aromatic nitrogens is 1. The van der Waals surface area contributed by atoms with E-state index in [0.29, 0.717) is 33.5 Å². The molecule has 1 aliphatic heterocycles. The van der Waals surface area contributed by atoms with Crippen LogP contribution < -0.4 is 10.5 Å². The molecule has 2 heterocycles. The quantitative estimate of drug-likeness (QED) is 0.704. The highest BCUT2D eigenvalue weighted by atomic mass is 35.5. The summed E-state index contributed by atoms with van der Waals surface area (Å²) in [5.74, 6) is 0.249. The van der Waals surface area contributed by atoms with E-state index >= 15 is 0 Å². The van der Waals surface area contributed by atoms with E-state index in [-0.39, 0.29) is 13.3 Å². The zero-order chi connectivity index (χ0) is 16.0. The van der Waals surface area contributed by atoms with Gasteiger partial charge in [-0.15, -0.1) is 0 Å². The van der Waals surface area contributed by atoms with E-state index in [1.807, 2.05) is 0 Å². The summed E-state index contributed by atoms with van der Waals surface area (Å²) in [5, 5.41) is 1.08. The number of fused-ring (bicyclic) bond motifs is 2. The van der Waals surface area contributed by atoms with Crippen molar-refractivity contribution in [1.29, 1.82) is 0 Å². The Morgan fingerprint density at radius 1 is 1.13 bits per heavy atom. The lowest BCUT2D eigenvalue weighted by molar-refractivity contribution is -0.0170. The molecule has 0 bridgehead atoms. The summed E-state index contributed by atoms with van der Waals surface area (Å²) in [5.41, 5.74) is 2.78. The van der Waals surface area contributed by atoms with Crippen molar-refractivity contribution in [3.05, 3.63) is 62.1 Å². The molecule has 0 N–H and O–H groups in total. The van der Waals surface area contributed by atoms with Crippen LogP contribution in [0.4, 0.5) is 0 Å². The lowest BCUT2D eigenvalue weighted by Crippen LogP contribution is -2.18. The van der Waals surface area contributed by atoms with Gasteiger partial charge in [-0.3, -0.25) is 4.57 Å². The average molecular weight is 352 g/mol. The second-order valence-corrected chi connectivity index (χ2v) is 6.10. The predicted octanol–water partition coefficient (Wildman–Crippen LogP) is 3.82. The van der Waals surface area contributed by atoms with Crippen LogP contribution in [0.15, 0.2) is 39.5 Å². The molecule has 0 saturated heterocycles. The number of benzene rings is 2. The molecule has 1 aliphatic rings. The van der Waals surface area contributed by atoms with Crippen LogP contribution in [0.5, 0.6) is 5.75 Å². The number of ether oxygens (including phenoxy) is 2. The third-order valence-corrected chi connectivity index (χ3v) is 4.16. The fraction of sp³-hybridized carbons (Fsp3) is 0.188. The molecule has 5 nitrogen and oxygen atoms in total. The summed E-state index contributed by atoms with van der Waals surface area (Å²) >= 11 is 12.1. The Kier molecular flexibility index (Phi) is 3.56. The van der Waals surface area contributed by atoms with Crippen molar-refractivity contribution in [2.24, 2.45) is 0 Å². The molecule has 7 heteroatoms. The minimum Gasteiger partial charge on any atom is -0.467 e. The fourth-order valence-corrected chi connectivity index (χ4v) is 3.16. The number of nitrogens with zero attached hydrogens (tertiary/aromatic N) is 1. The van der Waals surface area contributed by atoms with Crippen LogP contribution in [-0.2, 0) is 17.9 Å². The van der Waals surface area contributed by atoms with Crippen LogP contribution in [0.3, 0.4) is 0 Å². The summed E-state index contributed by atoms with van der Waals surface area (Å²) in [6, 6.07) is 8.67. The van der Waals surface area contributed by atoms with Crippen molar-refractivity contribution in [2.75, 3.05) is 6.79 Å². The topological polar surface area (TPSA) is 53.6 Å². The third kappa shape index (κ3) is 2.61. The van der Waals surface area contributed by atoms with E-state index in [1.165, 1.54) is 4.57 Å². The van der Waals surface area contributed by atoms with Crippen molar-refractivity contribution in [3.8, 4) is 5.75 Å². The van der Waals surface area contributed by atoms with Gasteiger partial charge >= 0.3 is 5.76 Å². The van der Waals surface area contributed by atoms with Crippen molar-refractivity contribution >= 4 is 34.3 Å². The van der Waals surface area contributed by atoms with Gasteiger partial charge in [0.15, 0.2) is 12.4 Å². The predicted molar refractivity (Wildman–Crippen MR) is 86.3 cm³/mol. The zero-order valence-electron chi connectivity index (χ0n) is 11.8. The summed E-state index contributed by atoms with van der Waals surface area (Å²) in [7, 11) is 0. The Bertz CT molecular complexity index is 961. The molecule has 0 fully saturated rings. The minimum atomic E-state index is -0.456. The molecule has 0 aliphatic carbocycles. The van der Waals surface area contributed by atoms with Gasteiger partial charge in [0, 0.05) is 27.2 Å². The number of rotatable bonds is 2. The first-order valence-corrected chi connectivity index (χ1v) is 7.68. The van der Waals surface area contributed by atoms with Gasteiger partial charge in [0.2, 0.25) is 0 Å². The van der Waals surface area contributed by atoms with Crippen LogP contribution >= 0.6 is 23.2 Å². The van der Waals surface area contributed by atoms with Crippen molar-refractivity contribution < 1.29 is 13.9 Å². The molecular weight excluding hydrogens is 341 g/mol. The van der Waals surface area contributed by atoms with Crippen molar-refractivity contribution in [3.63, 3.8) is 0 Å². The summed E-state index contributed by atoms with van der Waals surface area (Å²) in [6.45, 7) is 0.897. The lowest BCUT2D eigenvalue weighted by atomic mass is 10.1. The molecule has 0 spiro atoms. The number of oxazole rings is 1. The van der Waals surface area contributed by atoms with Crippen LogP contribution in [0.2, 0.25) is 10.0 Å². The summed E-state index contributed by atoms with van der Waals surface area (Å²) in [6.07, 6.45) is 0. The molecular formula is C16H11Cl2NO4. The molecule has 23 heavy (non-hydrogen) atoms. The van der Waals surface area contributed by atoms with Gasteiger partial charge in [-0.05, 0) is 24.3 Å². The van der Waals surface area contributed by atoms with E-state index < -0.39 is 5.76 Å². The standard InChI is InChI=1S/C16H11Cl2NO4/c17-11-1-2-13-14(5-11)23-16(20)19(13)6-9-3-12(18)4-10-7-21-8-22-15(9)10/h1-5H,6-8H2. The second kappa shape index (κ2) is 5.60. The molecule has 0 saturated carbocycles. The highest BCUT2D eigenvalue weighted by Gasteiger charge is 2.19. The molecule has 3 aromatic rings. The van der Waals surface area contributed by atoms with Crippen molar-refractivity contribution in [2.45, 2.75) is 13.2 Å². The first-order valence-electron chi connectivity index (χ1n) is 6.92. The largest absolute Gasteiger partial charge is 0.467 e. The molecule has 4 rings (SSSR count). The highest BCUT2D eigenvalue weighted by Crippen LogP contribution is 2.32. The first-order chi connectivity index (χ1) is 11.1. The third-order valence-electron chi connectivity index (χ3n) is 3.71. The van der Waals surface area contributed by atoms with Gasteiger partial charge in [0.1, 0.15) is 5.75 Å². The van der Waals surface area contributed by atoms with Crippen LogP contribution in [0.1, 0.15) is 11.1 Å². The molecule has 0 unspecified atom stereocenters. The Balaban J connectivity index is 1.84. The minimum absolute atomic E-state index is 0.179. The van der Waals surface area contributed by atoms with Gasteiger partial charge in [0.25, 0.3) is 0 Å². The summed E-state index contributed by atoms with van der Waals surface area (Å²) < 4.78 is 17.6. The number of hydrogen-bond acceptors (Lipinski definition) is 4. The van der Waals surface area contributed by atoms with Crippen LogP contribution in [0.25, 0.3) is 11.1 Å². The highest BCUT2D eigenvalue weighted by molar-refractivity contribution is 6.31. The average Bonchev–Trinajstić information content (AvgIpc) is 2.82. The van der Waals surface area contributed by atoms with Crippen LogP contribution in [0, 0.1) is 0 Å². The normalized spacial score (nSPS) is 13.8. The number of hydrogen-bond donors (Lipinski definition) is 0. The Morgan fingerprint density at radius 3 is 2.87 bits per heavy atom. The molecule has 118 valence electrons. The van der Waals surface area contributed by atoms with Gasteiger partial charge < -0.3 is 13.9 Å². The Hall–Kier alpha value is -1.95. The number of halogens is 2. The first kappa shape index (κ1) is 14.6. The SMILES string of the molecule is O=c1oc2cc(Cl)ccc2n1Cc1cc(Cl)cc2c1OCOC2. The van der Waals surface area contributed by atoms with Crippen LogP contribution in [-0.4, -0.2) is 11.4 Å². The monoisotopic (exact) mass is 351 g/mol. The van der Waals surface area contributed by atoms with E-state index in [9.17, 15) is 4.79 Å². The van der Waals surface area contributed by atoms with Crippen molar-refractivity contribution in [1.82, 2.24) is 4.57 Å². The molecule has 2 aromatic carbocycles. The van der Waals surface area contributed by atoms with E-state index in [0.717, 1.165) is 11.1 Å². The molecule has 0 radical (unpaired) electrons. The van der Waals surface area contributed by atoms with E-state index in [4.69, 9.17) is 37.1 Å². The Morgan fingerprint density at radius 2 is 2.00 bits per heavy atom. The Labute approximate surface area is 140 Å². The maximum Gasteiger partial charge on any atom is 0.420 e. The zero-order valence-corrected chi connectivity index (χ0v) is 13.4. The smallest absolute Gasteiger partial charge is 0.420 e. The van der Waals surface area contributed by atoms with Gasteiger partial charge in [-0.1, -0.05) is 23.2 Å². The fourth-order valence-electron chi connectivity index (χ4n) is 2.73. The maximum atomic E-state index is 12.2. The second-order valence-electron chi connectivity index (χ2n) is 5.23. The van der Waals surface area contributed by atoms with E-state index in [1.54, 1.807) is 30.3 Å². The van der Waals surface area contributed by atoms with E-state index in [2.05, 4.69) is 0 Å². The van der Waals surface area contributed by atoms with Gasteiger partial charge in [-0.2, -0.15) is 0 Å². The molecule has 0 amide bonds.